The molecule has 1 aliphatic carbocycles. The van der Waals surface area contributed by atoms with Crippen LogP contribution in [0.2, 0.25) is 0 Å². The molecule has 0 radical (unpaired) electrons. The van der Waals surface area contributed by atoms with Gasteiger partial charge in [-0.25, -0.2) is 14.6 Å². The molecule has 112 valence electrons. The van der Waals surface area contributed by atoms with E-state index in [1.807, 2.05) is 6.92 Å². The van der Waals surface area contributed by atoms with Crippen LogP contribution in [0.25, 0.3) is 5.95 Å². The maximum Gasteiger partial charge on any atom is 0.419 e. The van der Waals surface area contributed by atoms with Crippen molar-refractivity contribution in [1.29, 1.82) is 0 Å². The molecule has 2 aromatic rings. The van der Waals surface area contributed by atoms with Crippen LogP contribution in [0.5, 0.6) is 0 Å². The lowest BCUT2D eigenvalue weighted by molar-refractivity contribution is -0.137. The van der Waals surface area contributed by atoms with E-state index in [9.17, 15) is 13.2 Å². The third-order valence-corrected chi connectivity index (χ3v) is 3.34. The lowest BCUT2D eigenvalue weighted by atomic mass is 10.2. The van der Waals surface area contributed by atoms with E-state index in [2.05, 4.69) is 20.4 Å². The van der Waals surface area contributed by atoms with Crippen molar-refractivity contribution in [3.63, 3.8) is 0 Å². The van der Waals surface area contributed by atoms with Crippen molar-refractivity contribution in [3.8, 4) is 5.95 Å². The minimum Gasteiger partial charge on any atom is -0.310 e. The van der Waals surface area contributed by atoms with Gasteiger partial charge >= 0.3 is 6.18 Å². The van der Waals surface area contributed by atoms with E-state index >= 15 is 0 Å². The van der Waals surface area contributed by atoms with E-state index in [1.54, 1.807) is 6.20 Å². The summed E-state index contributed by atoms with van der Waals surface area (Å²) in [6.07, 6.45) is 1.23. The smallest absolute Gasteiger partial charge is 0.310 e. The number of halogens is 3. The van der Waals surface area contributed by atoms with Crippen molar-refractivity contribution in [3.05, 3.63) is 35.4 Å². The molecule has 5 nitrogen and oxygen atoms in total. The molecule has 1 N–H and O–H groups in total. The fourth-order valence-corrected chi connectivity index (χ4v) is 1.88. The molecular weight excluding hydrogens is 283 g/mol. The van der Waals surface area contributed by atoms with E-state index in [4.69, 9.17) is 0 Å². The Labute approximate surface area is 119 Å². The van der Waals surface area contributed by atoms with Gasteiger partial charge in [-0.3, -0.25) is 0 Å². The zero-order valence-electron chi connectivity index (χ0n) is 11.4. The summed E-state index contributed by atoms with van der Waals surface area (Å²) in [6, 6.07) is 0.574. The quantitative estimate of drug-likeness (QED) is 0.940. The maximum absolute atomic E-state index is 12.5. The van der Waals surface area contributed by atoms with E-state index in [1.165, 1.54) is 12.8 Å². The Bertz CT molecular complexity index is 645. The molecule has 1 saturated carbocycles. The average Bonchev–Trinajstić information content (AvgIpc) is 3.09. The number of nitrogens with one attached hydrogen (secondary N) is 1. The van der Waals surface area contributed by atoms with E-state index < -0.39 is 11.7 Å². The van der Waals surface area contributed by atoms with Crippen LogP contribution in [0.1, 0.15) is 29.7 Å². The summed E-state index contributed by atoms with van der Waals surface area (Å²) in [5.74, 6) is 0.137. The van der Waals surface area contributed by atoms with Gasteiger partial charge < -0.3 is 5.32 Å². The Hall–Kier alpha value is -1.96. The Morgan fingerprint density at radius 1 is 1.33 bits per heavy atom. The van der Waals surface area contributed by atoms with Crippen LogP contribution in [0.3, 0.4) is 0 Å². The minimum atomic E-state index is -4.42. The molecule has 0 aromatic carbocycles. The number of nitrogens with zero attached hydrogens (tertiary/aromatic N) is 4. The van der Waals surface area contributed by atoms with Crippen molar-refractivity contribution >= 4 is 0 Å². The first-order valence-electron chi connectivity index (χ1n) is 6.61. The summed E-state index contributed by atoms with van der Waals surface area (Å²) in [4.78, 5) is 8.30. The number of aromatic nitrogens is 4. The second kappa shape index (κ2) is 5.10. The Balaban J connectivity index is 1.79. The second-order valence-electron chi connectivity index (χ2n) is 5.11. The summed E-state index contributed by atoms with van der Waals surface area (Å²) in [6.45, 7) is 2.48. The molecule has 1 fully saturated rings. The molecule has 1 aliphatic rings. The second-order valence-corrected chi connectivity index (χ2v) is 5.11. The number of hydrogen-bond acceptors (Lipinski definition) is 4. The summed E-state index contributed by atoms with van der Waals surface area (Å²) in [5, 5.41) is 7.01. The third kappa shape index (κ3) is 3.21. The van der Waals surface area contributed by atoms with Gasteiger partial charge in [0.05, 0.1) is 11.8 Å². The van der Waals surface area contributed by atoms with Crippen molar-refractivity contribution in [2.24, 2.45) is 0 Å². The van der Waals surface area contributed by atoms with E-state index in [-0.39, 0.29) is 5.95 Å². The van der Waals surface area contributed by atoms with Crippen molar-refractivity contribution in [2.45, 2.75) is 38.5 Å². The Kier molecular flexibility index (Phi) is 3.40. The topological polar surface area (TPSA) is 55.6 Å². The molecule has 3 rings (SSSR count). The molecule has 0 unspecified atom stereocenters. The first-order valence-corrected chi connectivity index (χ1v) is 6.61. The summed E-state index contributed by atoms with van der Waals surface area (Å²) < 4.78 is 38.7. The molecule has 0 bridgehead atoms. The Morgan fingerprint density at radius 2 is 2.10 bits per heavy atom. The van der Waals surface area contributed by atoms with Gasteiger partial charge in [0.25, 0.3) is 5.95 Å². The maximum atomic E-state index is 12.5. The number of hydrogen-bond donors (Lipinski definition) is 1. The van der Waals surface area contributed by atoms with Gasteiger partial charge in [0.1, 0.15) is 0 Å². The van der Waals surface area contributed by atoms with Crippen molar-refractivity contribution in [2.75, 3.05) is 0 Å². The first kappa shape index (κ1) is 14.0. The highest BCUT2D eigenvalue weighted by Gasteiger charge is 2.32. The molecule has 0 atom stereocenters. The normalized spacial score (nSPS) is 15.4. The number of aryl methyl sites for hydroxylation is 1. The van der Waals surface area contributed by atoms with Crippen LogP contribution in [0.15, 0.2) is 18.6 Å². The van der Waals surface area contributed by atoms with Crippen LogP contribution in [0, 0.1) is 6.92 Å². The predicted octanol–water partition coefficient (Wildman–Crippen LogP) is 2.24. The number of rotatable bonds is 4. The van der Waals surface area contributed by atoms with Crippen LogP contribution in [0.4, 0.5) is 13.2 Å². The first-order chi connectivity index (χ1) is 9.93. The summed E-state index contributed by atoms with van der Waals surface area (Å²) >= 11 is 0. The van der Waals surface area contributed by atoms with E-state index in [0.717, 1.165) is 28.3 Å². The third-order valence-electron chi connectivity index (χ3n) is 3.34. The molecular formula is C13H14F3N5. The van der Waals surface area contributed by atoms with Gasteiger partial charge in [-0.05, 0) is 19.8 Å². The monoisotopic (exact) mass is 297 g/mol. The fraction of sp³-hybridized carbons (Fsp3) is 0.462. The summed E-state index contributed by atoms with van der Waals surface area (Å²) in [7, 11) is 0. The largest absolute Gasteiger partial charge is 0.419 e. The molecule has 21 heavy (non-hydrogen) atoms. The highest BCUT2D eigenvalue weighted by Crippen LogP contribution is 2.28. The van der Waals surface area contributed by atoms with Gasteiger partial charge in [0.15, 0.2) is 0 Å². The molecule has 0 spiro atoms. The SMILES string of the molecule is Cc1nc(-n2cc(C(F)(F)F)cn2)ncc1CNC1CC1. The molecule has 8 heteroatoms. The van der Waals surface area contributed by atoms with Crippen molar-refractivity contribution in [1.82, 2.24) is 25.1 Å². The molecule has 2 aromatic heterocycles. The van der Waals surface area contributed by atoms with Crippen LogP contribution >= 0.6 is 0 Å². The van der Waals surface area contributed by atoms with Crippen LogP contribution < -0.4 is 5.32 Å². The molecule has 0 aliphatic heterocycles. The van der Waals surface area contributed by atoms with Gasteiger partial charge in [0, 0.05) is 36.2 Å². The fourth-order valence-electron chi connectivity index (χ4n) is 1.88. The Morgan fingerprint density at radius 3 is 2.67 bits per heavy atom. The minimum absolute atomic E-state index is 0.137. The van der Waals surface area contributed by atoms with Gasteiger partial charge in [0.2, 0.25) is 0 Å². The molecule has 0 saturated heterocycles. The van der Waals surface area contributed by atoms with Gasteiger partial charge in [-0.2, -0.15) is 18.3 Å². The highest BCUT2D eigenvalue weighted by atomic mass is 19.4. The zero-order chi connectivity index (χ0) is 15.0. The van der Waals surface area contributed by atoms with E-state index in [0.29, 0.717) is 12.6 Å². The molecule has 0 amide bonds. The summed E-state index contributed by atoms with van der Waals surface area (Å²) in [5.41, 5.74) is 0.856. The highest BCUT2D eigenvalue weighted by molar-refractivity contribution is 5.23. The number of alkyl halides is 3. The van der Waals surface area contributed by atoms with Crippen molar-refractivity contribution < 1.29 is 13.2 Å². The zero-order valence-corrected chi connectivity index (χ0v) is 11.4. The van der Waals surface area contributed by atoms with Crippen LogP contribution in [-0.4, -0.2) is 25.8 Å². The predicted molar refractivity (Wildman–Crippen MR) is 68.8 cm³/mol. The standard InChI is InChI=1S/C13H14F3N5/c1-8-9(4-17-11-2-3-11)5-18-12(20-8)21-7-10(6-19-21)13(14,15)16/h5-7,11,17H,2-4H2,1H3. The van der Waals surface area contributed by atoms with Crippen LogP contribution in [-0.2, 0) is 12.7 Å². The molecule has 2 heterocycles. The lowest BCUT2D eigenvalue weighted by Crippen LogP contribution is -2.17. The van der Waals surface area contributed by atoms with Gasteiger partial charge in [-0.15, -0.1) is 0 Å². The van der Waals surface area contributed by atoms with Gasteiger partial charge in [-0.1, -0.05) is 0 Å². The average molecular weight is 297 g/mol. The lowest BCUT2D eigenvalue weighted by Gasteiger charge is -2.07.